The average molecular weight is 425 g/mol. The molecule has 0 bridgehead atoms. The molecule has 1 aromatic heterocycles. The SMILES string of the molecule is COC(=O)c1oc2c(c1C)/C(=N/NC(=O)COc1ccc(Cl)cc1Cl)CCC2. The molecule has 1 aliphatic carbocycles. The predicted molar refractivity (Wildman–Crippen MR) is 104 cm³/mol. The fourth-order valence-corrected chi connectivity index (χ4v) is 3.43. The predicted octanol–water partition coefficient (Wildman–Crippen LogP) is 3.92. The summed E-state index contributed by atoms with van der Waals surface area (Å²) in [6.07, 6.45) is 2.14. The molecule has 0 radical (unpaired) electrons. The van der Waals surface area contributed by atoms with Crippen LogP contribution in [0.3, 0.4) is 0 Å². The number of fused-ring (bicyclic) bond motifs is 1. The molecule has 148 valence electrons. The van der Waals surface area contributed by atoms with Gasteiger partial charge in [-0.2, -0.15) is 5.10 Å². The maximum atomic E-state index is 12.1. The highest BCUT2D eigenvalue weighted by atomic mass is 35.5. The highest BCUT2D eigenvalue weighted by Gasteiger charge is 2.28. The Labute approximate surface area is 171 Å². The van der Waals surface area contributed by atoms with E-state index in [1.165, 1.54) is 13.2 Å². The Bertz CT molecular complexity index is 952. The van der Waals surface area contributed by atoms with Crippen molar-refractivity contribution in [2.24, 2.45) is 5.10 Å². The largest absolute Gasteiger partial charge is 0.482 e. The molecule has 0 unspecified atom stereocenters. The highest BCUT2D eigenvalue weighted by Crippen LogP contribution is 2.30. The molecule has 0 saturated carbocycles. The normalized spacial score (nSPS) is 14.5. The van der Waals surface area contributed by atoms with Crippen molar-refractivity contribution in [3.8, 4) is 5.75 Å². The van der Waals surface area contributed by atoms with Crippen molar-refractivity contribution in [2.75, 3.05) is 13.7 Å². The molecule has 1 heterocycles. The van der Waals surface area contributed by atoms with E-state index in [2.05, 4.69) is 10.5 Å². The van der Waals surface area contributed by atoms with Gasteiger partial charge in [-0.25, -0.2) is 10.2 Å². The first-order chi connectivity index (χ1) is 13.4. The fourth-order valence-electron chi connectivity index (χ4n) is 2.97. The molecule has 28 heavy (non-hydrogen) atoms. The van der Waals surface area contributed by atoms with Gasteiger partial charge in [-0.15, -0.1) is 0 Å². The number of carbonyl (C=O) groups is 2. The first-order valence-corrected chi connectivity index (χ1v) is 9.30. The van der Waals surface area contributed by atoms with Gasteiger partial charge in [-0.1, -0.05) is 23.2 Å². The number of nitrogens with zero attached hydrogens (tertiary/aromatic N) is 1. The molecule has 1 amide bonds. The molecular formula is C19H18Cl2N2O5. The van der Waals surface area contributed by atoms with Crippen LogP contribution in [0, 0.1) is 6.92 Å². The van der Waals surface area contributed by atoms with Gasteiger partial charge in [0.15, 0.2) is 6.61 Å². The number of esters is 1. The van der Waals surface area contributed by atoms with E-state index in [4.69, 9.17) is 37.1 Å². The minimum atomic E-state index is -0.538. The third-order valence-corrected chi connectivity index (χ3v) is 4.80. The summed E-state index contributed by atoms with van der Waals surface area (Å²) >= 11 is 11.8. The van der Waals surface area contributed by atoms with Gasteiger partial charge in [0, 0.05) is 22.6 Å². The van der Waals surface area contributed by atoms with Gasteiger partial charge >= 0.3 is 5.97 Å². The van der Waals surface area contributed by atoms with Crippen molar-refractivity contribution in [3.63, 3.8) is 0 Å². The maximum Gasteiger partial charge on any atom is 0.374 e. The number of furan rings is 1. The molecule has 1 aliphatic rings. The molecule has 3 rings (SSSR count). The zero-order valence-corrected chi connectivity index (χ0v) is 16.8. The van der Waals surface area contributed by atoms with E-state index >= 15 is 0 Å². The van der Waals surface area contributed by atoms with Crippen molar-refractivity contribution < 1.29 is 23.5 Å². The lowest BCUT2D eigenvalue weighted by atomic mass is 9.93. The Balaban J connectivity index is 1.69. The van der Waals surface area contributed by atoms with Crippen molar-refractivity contribution in [3.05, 3.63) is 50.9 Å². The summed E-state index contributed by atoms with van der Waals surface area (Å²) in [4.78, 5) is 23.9. The van der Waals surface area contributed by atoms with Crippen LogP contribution in [0.1, 0.15) is 40.3 Å². The van der Waals surface area contributed by atoms with Crippen molar-refractivity contribution in [2.45, 2.75) is 26.2 Å². The van der Waals surface area contributed by atoms with Crippen LogP contribution in [0.2, 0.25) is 10.0 Å². The molecule has 1 N–H and O–H groups in total. The fraction of sp³-hybridized carbons (Fsp3) is 0.316. The van der Waals surface area contributed by atoms with Crippen molar-refractivity contribution >= 4 is 40.8 Å². The van der Waals surface area contributed by atoms with Crippen LogP contribution in [-0.4, -0.2) is 31.3 Å². The minimum absolute atomic E-state index is 0.161. The van der Waals surface area contributed by atoms with Crippen molar-refractivity contribution in [1.29, 1.82) is 0 Å². The van der Waals surface area contributed by atoms with E-state index in [9.17, 15) is 9.59 Å². The molecule has 1 aromatic carbocycles. The Morgan fingerprint density at radius 1 is 1.29 bits per heavy atom. The first-order valence-electron chi connectivity index (χ1n) is 8.55. The van der Waals surface area contributed by atoms with E-state index in [0.717, 1.165) is 12.0 Å². The quantitative estimate of drug-likeness (QED) is 0.580. The lowest BCUT2D eigenvalue weighted by Gasteiger charge is -2.13. The Morgan fingerprint density at radius 2 is 2.07 bits per heavy atom. The molecule has 9 heteroatoms. The maximum absolute atomic E-state index is 12.1. The van der Waals surface area contributed by atoms with E-state index in [0.29, 0.717) is 45.7 Å². The number of hydrogen-bond donors (Lipinski definition) is 1. The lowest BCUT2D eigenvalue weighted by molar-refractivity contribution is -0.123. The topological polar surface area (TPSA) is 90.1 Å². The summed E-state index contributed by atoms with van der Waals surface area (Å²) in [5, 5.41) is 4.99. The molecule has 2 aromatic rings. The van der Waals surface area contributed by atoms with Gasteiger partial charge in [0.05, 0.1) is 17.8 Å². The number of ether oxygens (including phenoxy) is 2. The Kier molecular flexibility index (Phi) is 6.26. The second kappa shape index (κ2) is 8.67. The number of benzene rings is 1. The number of nitrogens with one attached hydrogen (secondary N) is 1. The van der Waals surface area contributed by atoms with Gasteiger partial charge in [-0.05, 0) is 38.0 Å². The second-order valence-electron chi connectivity index (χ2n) is 6.16. The minimum Gasteiger partial charge on any atom is -0.482 e. The van der Waals surface area contributed by atoms with Gasteiger partial charge in [-0.3, -0.25) is 4.79 Å². The monoisotopic (exact) mass is 424 g/mol. The molecule has 0 spiro atoms. The number of methoxy groups -OCH3 is 1. The summed E-state index contributed by atoms with van der Waals surface area (Å²) in [7, 11) is 1.30. The first kappa shape index (κ1) is 20.2. The number of hydrogen-bond acceptors (Lipinski definition) is 6. The van der Waals surface area contributed by atoms with Gasteiger partial charge < -0.3 is 13.9 Å². The number of hydrazone groups is 1. The van der Waals surface area contributed by atoms with Crippen LogP contribution < -0.4 is 10.2 Å². The van der Waals surface area contributed by atoms with E-state index in [-0.39, 0.29) is 12.4 Å². The molecule has 0 aliphatic heterocycles. The number of aryl methyl sites for hydroxylation is 1. The Morgan fingerprint density at radius 3 is 2.79 bits per heavy atom. The average Bonchev–Trinajstić information content (AvgIpc) is 3.02. The number of rotatable bonds is 5. The van der Waals surface area contributed by atoms with Crippen LogP contribution in [0.4, 0.5) is 0 Å². The van der Waals surface area contributed by atoms with E-state index in [1.807, 2.05) is 0 Å². The lowest BCUT2D eigenvalue weighted by Crippen LogP contribution is -2.27. The molecule has 0 atom stereocenters. The van der Waals surface area contributed by atoms with Crippen LogP contribution in [0.15, 0.2) is 27.7 Å². The summed E-state index contributed by atoms with van der Waals surface area (Å²) < 4.78 is 15.8. The summed E-state index contributed by atoms with van der Waals surface area (Å²) in [5.41, 5.74) is 4.52. The van der Waals surface area contributed by atoms with Crippen LogP contribution in [-0.2, 0) is 16.0 Å². The number of halogens is 2. The molecule has 7 nitrogen and oxygen atoms in total. The summed E-state index contributed by atoms with van der Waals surface area (Å²) in [6.45, 7) is 1.51. The molecule has 0 saturated heterocycles. The van der Waals surface area contributed by atoms with E-state index in [1.54, 1.807) is 19.1 Å². The molecule has 0 fully saturated rings. The van der Waals surface area contributed by atoms with Crippen LogP contribution in [0.5, 0.6) is 5.75 Å². The van der Waals surface area contributed by atoms with Crippen molar-refractivity contribution in [1.82, 2.24) is 5.43 Å². The van der Waals surface area contributed by atoms with Gasteiger partial charge in [0.2, 0.25) is 5.76 Å². The third-order valence-electron chi connectivity index (χ3n) is 4.26. The standard InChI is InChI=1S/C19H18Cl2N2O5/c1-10-17-13(4-3-5-15(17)28-18(10)19(25)26-2)22-23-16(24)9-27-14-7-6-11(20)8-12(14)21/h6-8H,3-5,9H2,1-2H3,(H,23,24)/b22-13+. The van der Waals surface area contributed by atoms with Gasteiger partial charge in [0.25, 0.3) is 5.91 Å². The zero-order valence-electron chi connectivity index (χ0n) is 15.3. The van der Waals surface area contributed by atoms with E-state index < -0.39 is 11.9 Å². The van der Waals surface area contributed by atoms with Crippen LogP contribution in [0.25, 0.3) is 0 Å². The van der Waals surface area contributed by atoms with Crippen LogP contribution >= 0.6 is 23.2 Å². The summed E-state index contributed by atoms with van der Waals surface area (Å²) in [6, 6.07) is 4.73. The number of carbonyl (C=O) groups excluding carboxylic acids is 2. The second-order valence-corrected chi connectivity index (χ2v) is 7.00. The Hall–Kier alpha value is -2.51. The highest BCUT2D eigenvalue weighted by molar-refractivity contribution is 6.35. The zero-order chi connectivity index (χ0) is 20.3. The molecular weight excluding hydrogens is 407 g/mol. The van der Waals surface area contributed by atoms with Gasteiger partial charge in [0.1, 0.15) is 11.5 Å². The third kappa shape index (κ3) is 4.31. The number of amides is 1. The smallest absolute Gasteiger partial charge is 0.374 e. The summed E-state index contributed by atoms with van der Waals surface area (Å²) in [5.74, 6) is 0.196.